The standard InChI is InChI=1S/C20H31BN4O3/c1-19(2)20(3,4)28-21(27-19)17-9-15(13-25-18(17)23)16(10-22)12-24-11-14-5-7-26-8-6-14/h9-10,12-14H,5-8,11,22H2,1-4H3,(H2,23,25). The summed E-state index contributed by atoms with van der Waals surface area (Å²) in [5.74, 6) is 0.951. The first-order chi connectivity index (χ1) is 13.2. The summed E-state index contributed by atoms with van der Waals surface area (Å²) in [5, 5.41) is 0. The predicted octanol–water partition coefficient (Wildman–Crippen LogP) is 1.76. The third-order valence-corrected chi connectivity index (χ3v) is 5.90. The van der Waals surface area contributed by atoms with E-state index in [0.29, 0.717) is 17.2 Å². The van der Waals surface area contributed by atoms with Gasteiger partial charge in [-0.1, -0.05) is 0 Å². The van der Waals surface area contributed by atoms with E-state index in [4.69, 9.17) is 25.5 Å². The second kappa shape index (κ2) is 8.23. The van der Waals surface area contributed by atoms with E-state index in [1.54, 1.807) is 12.4 Å². The summed E-state index contributed by atoms with van der Waals surface area (Å²) in [6.07, 6.45) is 7.14. The van der Waals surface area contributed by atoms with Crippen molar-refractivity contribution in [3.63, 3.8) is 0 Å². The topological polar surface area (TPSA) is 105 Å². The fraction of sp³-hybridized carbons (Fsp3) is 0.600. The molecule has 3 rings (SSSR count). The highest BCUT2D eigenvalue weighted by molar-refractivity contribution is 6.63. The molecule has 0 atom stereocenters. The molecule has 0 aromatic carbocycles. The Morgan fingerprint density at radius 3 is 2.50 bits per heavy atom. The van der Waals surface area contributed by atoms with E-state index in [0.717, 1.165) is 43.7 Å². The van der Waals surface area contributed by atoms with Crippen LogP contribution in [0.1, 0.15) is 46.1 Å². The molecule has 0 spiro atoms. The fourth-order valence-electron chi connectivity index (χ4n) is 3.25. The molecule has 4 N–H and O–H groups in total. The predicted molar refractivity (Wildman–Crippen MR) is 113 cm³/mol. The van der Waals surface area contributed by atoms with Crippen LogP contribution in [0.25, 0.3) is 5.57 Å². The van der Waals surface area contributed by atoms with Crippen molar-refractivity contribution in [2.24, 2.45) is 16.6 Å². The molecule has 3 heterocycles. The number of hydrogen-bond donors (Lipinski definition) is 2. The Kier molecular flexibility index (Phi) is 6.12. The molecular weight excluding hydrogens is 355 g/mol. The number of aromatic nitrogens is 1. The smallest absolute Gasteiger partial charge is 0.404 e. The Bertz CT molecular complexity index is 742. The van der Waals surface area contributed by atoms with Crippen LogP contribution in [0.4, 0.5) is 5.82 Å². The van der Waals surface area contributed by atoms with Crippen LogP contribution in [0, 0.1) is 5.92 Å². The van der Waals surface area contributed by atoms with E-state index >= 15 is 0 Å². The molecule has 0 bridgehead atoms. The van der Waals surface area contributed by atoms with Gasteiger partial charge in [0.25, 0.3) is 0 Å². The van der Waals surface area contributed by atoms with Gasteiger partial charge in [0.05, 0.1) is 11.2 Å². The molecule has 2 aliphatic rings. The van der Waals surface area contributed by atoms with Crippen LogP contribution >= 0.6 is 0 Å². The minimum absolute atomic E-state index is 0.387. The maximum Gasteiger partial charge on any atom is 0.498 e. The van der Waals surface area contributed by atoms with Crippen molar-refractivity contribution < 1.29 is 14.0 Å². The second-order valence-corrected chi connectivity index (χ2v) is 8.46. The largest absolute Gasteiger partial charge is 0.498 e. The van der Waals surface area contributed by atoms with Crippen molar-refractivity contribution in [2.75, 3.05) is 25.5 Å². The summed E-state index contributed by atoms with van der Waals surface area (Å²) in [4.78, 5) is 8.92. The Morgan fingerprint density at radius 1 is 1.25 bits per heavy atom. The number of anilines is 1. The van der Waals surface area contributed by atoms with Crippen LogP contribution in [0.15, 0.2) is 23.5 Å². The van der Waals surface area contributed by atoms with Gasteiger partial charge in [0.1, 0.15) is 5.82 Å². The lowest BCUT2D eigenvalue weighted by atomic mass is 9.78. The number of rotatable bonds is 5. The SMILES string of the molecule is CC1(C)OB(c2cc(C(C=NCC3CCOCC3)=CN)cnc2N)OC1(C)C. The van der Waals surface area contributed by atoms with Crippen molar-refractivity contribution in [1.29, 1.82) is 0 Å². The Morgan fingerprint density at radius 2 is 1.89 bits per heavy atom. The summed E-state index contributed by atoms with van der Waals surface area (Å²) >= 11 is 0. The van der Waals surface area contributed by atoms with Crippen LogP contribution < -0.4 is 16.9 Å². The van der Waals surface area contributed by atoms with Crippen LogP contribution in [-0.4, -0.2) is 49.3 Å². The molecule has 2 saturated heterocycles. The highest BCUT2D eigenvalue weighted by Crippen LogP contribution is 2.36. The zero-order chi connectivity index (χ0) is 20.4. The first-order valence-electron chi connectivity index (χ1n) is 9.84. The molecule has 152 valence electrons. The average Bonchev–Trinajstić information content (AvgIpc) is 2.87. The Labute approximate surface area is 167 Å². The lowest BCUT2D eigenvalue weighted by Crippen LogP contribution is -2.41. The Balaban J connectivity index is 1.76. The van der Waals surface area contributed by atoms with Gasteiger partial charge in [0.2, 0.25) is 0 Å². The van der Waals surface area contributed by atoms with E-state index in [9.17, 15) is 0 Å². The van der Waals surface area contributed by atoms with Crippen LogP contribution in [0.2, 0.25) is 0 Å². The number of nitrogens with two attached hydrogens (primary N) is 2. The molecule has 2 fully saturated rings. The minimum Gasteiger partial charge on any atom is -0.404 e. The lowest BCUT2D eigenvalue weighted by Gasteiger charge is -2.32. The van der Waals surface area contributed by atoms with Crippen molar-refractivity contribution >= 4 is 30.2 Å². The average molecular weight is 386 g/mol. The summed E-state index contributed by atoms with van der Waals surface area (Å²) in [5.41, 5.74) is 13.4. The molecule has 28 heavy (non-hydrogen) atoms. The monoisotopic (exact) mass is 386 g/mol. The van der Waals surface area contributed by atoms with E-state index in [2.05, 4.69) is 9.98 Å². The number of hydrogen-bond acceptors (Lipinski definition) is 7. The molecule has 8 heteroatoms. The summed E-state index contributed by atoms with van der Waals surface area (Å²) in [7, 11) is -0.573. The van der Waals surface area contributed by atoms with E-state index in [1.807, 2.05) is 33.8 Å². The van der Waals surface area contributed by atoms with Gasteiger partial charge in [0.15, 0.2) is 0 Å². The van der Waals surface area contributed by atoms with Gasteiger partial charge < -0.3 is 25.5 Å². The maximum atomic E-state index is 6.12. The molecule has 2 aliphatic heterocycles. The third kappa shape index (κ3) is 4.40. The van der Waals surface area contributed by atoms with Crippen LogP contribution in [0.5, 0.6) is 0 Å². The molecule has 0 amide bonds. The van der Waals surface area contributed by atoms with Crippen molar-refractivity contribution in [3.05, 3.63) is 24.0 Å². The first-order valence-corrected chi connectivity index (χ1v) is 9.84. The quantitative estimate of drug-likeness (QED) is 0.590. The van der Waals surface area contributed by atoms with Gasteiger partial charge in [-0.25, -0.2) is 4.98 Å². The van der Waals surface area contributed by atoms with Gasteiger partial charge in [-0.3, -0.25) is 4.99 Å². The molecule has 7 nitrogen and oxygen atoms in total. The Hall–Kier alpha value is -1.90. The number of allylic oxidation sites excluding steroid dienone is 1. The van der Waals surface area contributed by atoms with E-state index in [-0.39, 0.29) is 0 Å². The van der Waals surface area contributed by atoms with Gasteiger partial charge in [-0.05, 0) is 52.5 Å². The van der Waals surface area contributed by atoms with E-state index < -0.39 is 18.3 Å². The molecular formula is C20H31BN4O3. The molecule has 0 unspecified atom stereocenters. The first kappa shape index (κ1) is 20.8. The highest BCUT2D eigenvalue weighted by atomic mass is 16.7. The minimum atomic E-state index is -0.573. The van der Waals surface area contributed by atoms with Gasteiger partial charge in [0, 0.05) is 55.0 Å². The molecule has 1 aromatic rings. The second-order valence-electron chi connectivity index (χ2n) is 8.46. The van der Waals surface area contributed by atoms with Crippen LogP contribution in [0.3, 0.4) is 0 Å². The van der Waals surface area contributed by atoms with Gasteiger partial charge in [-0.15, -0.1) is 0 Å². The van der Waals surface area contributed by atoms with Gasteiger partial charge in [-0.2, -0.15) is 0 Å². The molecule has 1 aromatic heterocycles. The number of nitrogens with zero attached hydrogens (tertiary/aromatic N) is 2. The number of aliphatic imine (C=N–C) groups is 1. The zero-order valence-electron chi connectivity index (χ0n) is 17.3. The number of pyridine rings is 1. The number of ether oxygens (including phenoxy) is 1. The third-order valence-electron chi connectivity index (χ3n) is 5.90. The normalized spacial score (nSPS) is 22.9. The summed E-state index contributed by atoms with van der Waals surface area (Å²) < 4.78 is 17.6. The van der Waals surface area contributed by atoms with Crippen molar-refractivity contribution in [1.82, 2.24) is 4.98 Å². The zero-order valence-corrected chi connectivity index (χ0v) is 17.3. The molecule has 0 radical (unpaired) electrons. The highest BCUT2D eigenvalue weighted by Gasteiger charge is 2.52. The van der Waals surface area contributed by atoms with E-state index in [1.165, 1.54) is 6.20 Å². The van der Waals surface area contributed by atoms with Crippen molar-refractivity contribution in [3.8, 4) is 0 Å². The lowest BCUT2D eigenvalue weighted by molar-refractivity contribution is 0.00578. The number of nitrogen functional groups attached to an aromatic ring is 1. The molecule has 0 aliphatic carbocycles. The maximum absolute atomic E-state index is 6.12. The summed E-state index contributed by atoms with van der Waals surface area (Å²) in [6.45, 7) is 10.4. The van der Waals surface area contributed by atoms with Gasteiger partial charge >= 0.3 is 7.12 Å². The van der Waals surface area contributed by atoms with Crippen LogP contribution in [-0.2, 0) is 14.0 Å². The van der Waals surface area contributed by atoms with Crippen molar-refractivity contribution in [2.45, 2.75) is 51.7 Å². The summed E-state index contributed by atoms with van der Waals surface area (Å²) in [6, 6.07) is 1.92. The fourth-order valence-corrected chi connectivity index (χ4v) is 3.25. The molecule has 0 saturated carbocycles.